The number of methoxy groups -OCH3 is 1. The number of Topliss-reactive ketones (excluding diaryl/α,β-unsaturated/α-hetero) is 1. The minimum Gasteiger partial charge on any atom is -0.497 e. The largest absolute Gasteiger partial charge is 0.497 e. The van der Waals surface area contributed by atoms with Gasteiger partial charge in [0, 0.05) is 5.69 Å². The molecule has 4 aromatic rings. The van der Waals surface area contributed by atoms with Crippen molar-refractivity contribution >= 4 is 55.7 Å². The summed E-state index contributed by atoms with van der Waals surface area (Å²) in [6.45, 7) is 0. The molecule has 0 saturated heterocycles. The van der Waals surface area contributed by atoms with Crippen LogP contribution in [0.25, 0.3) is 11.1 Å². The quantitative estimate of drug-likeness (QED) is 0.301. The van der Waals surface area contributed by atoms with E-state index in [1.54, 1.807) is 36.4 Å². The molecule has 0 spiro atoms. The fourth-order valence-corrected chi connectivity index (χ4v) is 5.18. The summed E-state index contributed by atoms with van der Waals surface area (Å²) in [5.74, 6) is 0.811. The first-order valence-corrected chi connectivity index (χ1v) is 12.1. The fraction of sp³-hybridized carbons (Fsp3) is 0.100. The zero-order chi connectivity index (χ0) is 21.1. The van der Waals surface area contributed by atoms with Gasteiger partial charge in [-0.1, -0.05) is 17.8 Å². The topological polar surface area (TPSA) is 98.5 Å². The Balaban J connectivity index is 1.50. The summed E-state index contributed by atoms with van der Waals surface area (Å²) in [5, 5.41) is 2.16. The van der Waals surface area contributed by atoms with Crippen LogP contribution in [-0.2, 0) is 10.0 Å². The molecule has 0 saturated carbocycles. The number of sulfonamides is 1. The molecule has 0 aliphatic rings. The minimum atomic E-state index is -3.80. The molecule has 7 nitrogen and oxygen atoms in total. The fourth-order valence-electron chi connectivity index (χ4n) is 2.62. The normalized spacial score (nSPS) is 11.5. The van der Waals surface area contributed by atoms with E-state index in [0.29, 0.717) is 32.6 Å². The second kappa shape index (κ2) is 8.50. The van der Waals surface area contributed by atoms with Crippen LogP contribution in [-0.4, -0.2) is 32.0 Å². The Morgan fingerprint density at radius 2 is 2.00 bits per heavy atom. The molecule has 0 aliphatic heterocycles. The molecule has 0 amide bonds. The lowest BCUT2D eigenvalue weighted by Crippen LogP contribution is -2.12. The third-order valence-corrected chi connectivity index (χ3v) is 7.23. The van der Waals surface area contributed by atoms with Gasteiger partial charge in [-0.25, -0.2) is 13.4 Å². The summed E-state index contributed by atoms with van der Waals surface area (Å²) < 4.78 is 38.6. The van der Waals surface area contributed by atoms with Crippen molar-refractivity contribution in [2.75, 3.05) is 17.6 Å². The van der Waals surface area contributed by atoms with Crippen LogP contribution in [0.3, 0.4) is 0 Å². The van der Waals surface area contributed by atoms with E-state index in [1.807, 2.05) is 11.4 Å². The highest BCUT2D eigenvalue weighted by Crippen LogP contribution is 2.27. The summed E-state index contributed by atoms with van der Waals surface area (Å²) in [5.41, 5.74) is 1.27. The zero-order valence-electron chi connectivity index (χ0n) is 15.7. The summed E-state index contributed by atoms with van der Waals surface area (Å²) in [7, 11) is -2.26. The number of ether oxygens (including phenoxy) is 1. The second-order valence-corrected chi connectivity index (χ2v) is 9.69. The number of aromatic nitrogens is 1. The Bertz CT molecular complexity index is 1280. The van der Waals surface area contributed by atoms with Crippen LogP contribution in [0.4, 0.5) is 5.69 Å². The van der Waals surface area contributed by atoms with Crippen LogP contribution in [0.5, 0.6) is 5.75 Å². The number of benzene rings is 2. The van der Waals surface area contributed by atoms with Gasteiger partial charge in [0.05, 0.1) is 22.6 Å². The molecule has 1 N–H and O–H groups in total. The second-order valence-electron chi connectivity index (χ2n) is 6.13. The first-order valence-electron chi connectivity index (χ1n) is 8.71. The average molecular weight is 461 g/mol. The molecule has 0 atom stereocenters. The number of rotatable bonds is 8. The molecule has 0 bridgehead atoms. The van der Waals surface area contributed by atoms with E-state index in [0.717, 1.165) is 0 Å². The van der Waals surface area contributed by atoms with Crippen LogP contribution >= 0.6 is 23.1 Å². The minimum absolute atomic E-state index is 0.00999. The van der Waals surface area contributed by atoms with Crippen molar-refractivity contribution in [3.8, 4) is 5.75 Å². The standard InChI is InChI=1S/C20H16N2O5S3/c1-26-14-6-4-13(5-7-14)22-30(24,25)15-8-9-18-16(11-15)21-20(27-18)29-12-17(23)19-3-2-10-28-19/h2-11,22H,12H2,1H3. The highest BCUT2D eigenvalue weighted by molar-refractivity contribution is 7.99. The van der Waals surface area contributed by atoms with Gasteiger partial charge in [-0.05, 0) is 53.9 Å². The van der Waals surface area contributed by atoms with Crippen LogP contribution in [0.15, 0.2) is 74.5 Å². The number of carbonyl (C=O) groups is 1. The van der Waals surface area contributed by atoms with Gasteiger partial charge in [-0.15, -0.1) is 11.3 Å². The Morgan fingerprint density at radius 1 is 1.20 bits per heavy atom. The summed E-state index contributed by atoms with van der Waals surface area (Å²) in [6, 6.07) is 14.6. The Kier molecular flexibility index (Phi) is 5.80. The monoisotopic (exact) mass is 460 g/mol. The SMILES string of the molecule is COc1ccc(NS(=O)(=O)c2ccc3oc(SCC(=O)c4cccs4)nc3c2)cc1. The molecule has 154 valence electrons. The number of thiophene rings is 1. The Labute approximate surface area is 181 Å². The Morgan fingerprint density at radius 3 is 2.70 bits per heavy atom. The van der Waals surface area contributed by atoms with Crippen LogP contribution in [0, 0.1) is 0 Å². The molecular weight excluding hydrogens is 444 g/mol. The maximum atomic E-state index is 12.7. The van der Waals surface area contributed by atoms with E-state index >= 15 is 0 Å². The van der Waals surface area contributed by atoms with Crippen molar-refractivity contribution in [3.63, 3.8) is 0 Å². The third-order valence-electron chi connectivity index (χ3n) is 4.11. The van der Waals surface area contributed by atoms with Crippen LogP contribution < -0.4 is 9.46 Å². The lowest BCUT2D eigenvalue weighted by Gasteiger charge is -2.08. The number of nitrogens with one attached hydrogen (secondary N) is 1. The van der Waals surface area contributed by atoms with Crippen molar-refractivity contribution in [3.05, 3.63) is 64.9 Å². The number of carbonyl (C=O) groups excluding carboxylic acids is 1. The van der Waals surface area contributed by atoms with Gasteiger partial charge >= 0.3 is 0 Å². The highest BCUT2D eigenvalue weighted by Gasteiger charge is 2.18. The van der Waals surface area contributed by atoms with Gasteiger partial charge in [-0.2, -0.15) is 0 Å². The predicted molar refractivity (Wildman–Crippen MR) is 117 cm³/mol. The number of fused-ring (bicyclic) bond motifs is 1. The van der Waals surface area contributed by atoms with E-state index in [-0.39, 0.29) is 16.4 Å². The van der Waals surface area contributed by atoms with Crippen molar-refractivity contribution in [1.82, 2.24) is 4.98 Å². The summed E-state index contributed by atoms with van der Waals surface area (Å²) >= 11 is 2.56. The molecule has 30 heavy (non-hydrogen) atoms. The van der Waals surface area contributed by atoms with Gasteiger partial charge < -0.3 is 9.15 Å². The number of ketones is 1. The van der Waals surface area contributed by atoms with Crippen molar-refractivity contribution in [2.45, 2.75) is 10.1 Å². The van der Waals surface area contributed by atoms with E-state index in [4.69, 9.17) is 9.15 Å². The van der Waals surface area contributed by atoms with Gasteiger partial charge in [0.15, 0.2) is 11.4 Å². The first-order chi connectivity index (χ1) is 14.4. The van der Waals surface area contributed by atoms with Gasteiger partial charge in [0.25, 0.3) is 15.2 Å². The highest BCUT2D eigenvalue weighted by atomic mass is 32.2. The molecule has 2 aromatic heterocycles. The van der Waals surface area contributed by atoms with Crippen molar-refractivity contribution in [2.24, 2.45) is 0 Å². The van der Waals surface area contributed by atoms with Crippen LogP contribution in [0.2, 0.25) is 0 Å². The van der Waals surface area contributed by atoms with Gasteiger partial charge in [0.1, 0.15) is 11.3 Å². The van der Waals surface area contributed by atoms with Gasteiger partial charge in [-0.3, -0.25) is 9.52 Å². The first kappa shape index (κ1) is 20.5. The smallest absolute Gasteiger partial charge is 0.261 e. The zero-order valence-corrected chi connectivity index (χ0v) is 18.1. The van der Waals surface area contributed by atoms with E-state index in [2.05, 4.69) is 9.71 Å². The average Bonchev–Trinajstić information content (AvgIpc) is 3.41. The number of oxazole rings is 1. The Hall–Kier alpha value is -2.82. The third kappa shape index (κ3) is 4.50. The van der Waals surface area contributed by atoms with E-state index in [1.165, 1.54) is 42.3 Å². The predicted octanol–water partition coefficient (Wildman–Crippen LogP) is 4.67. The molecule has 2 heterocycles. The summed E-state index contributed by atoms with van der Waals surface area (Å²) in [6.07, 6.45) is 0. The maximum absolute atomic E-state index is 12.7. The number of hydrogen-bond donors (Lipinski definition) is 1. The van der Waals surface area contributed by atoms with Crippen molar-refractivity contribution in [1.29, 1.82) is 0 Å². The van der Waals surface area contributed by atoms with E-state index < -0.39 is 10.0 Å². The number of anilines is 1. The molecule has 0 unspecified atom stereocenters. The number of nitrogens with zero attached hydrogens (tertiary/aromatic N) is 1. The molecule has 0 aliphatic carbocycles. The molecule has 0 radical (unpaired) electrons. The van der Waals surface area contributed by atoms with Crippen LogP contribution in [0.1, 0.15) is 9.67 Å². The molecule has 0 fully saturated rings. The molecule has 2 aromatic carbocycles. The lowest BCUT2D eigenvalue weighted by molar-refractivity contribution is 0.102. The molecule has 4 rings (SSSR count). The number of hydrogen-bond acceptors (Lipinski definition) is 8. The number of thioether (sulfide) groups is 1. The maximum Gasteiger partial charge on any atom is 0.261 e. The van der Waals surface area contributed by atoms with Gasteiger partial charge in [0.2, 0.25) is 0 Å². The lowest BCUT2D eigenvalue weighted by atomic mass is 10.3. The van der Waals surface area contributed by atoms with E-state index in [9.17, 15) is 13.2 Å². The summed E-state index contributed by atoms with van der Waals surface area (Å²) in [4.78, 5) is 17.2. The van der Waals surface area contributed by atoms with Crippen molar-refractivity contribution < 1.29 is 22.4 Å². The molecule has 10 heteroatoms. The molecular formula is C20H16N2O5S3.